The predicted octanol–water partition coefficient (Wildman–Crippen LogP) is 1.58. The lowest BCUT2D eigenvalue weighted by atomic mass is 9.96. The van der Waals surface area contributed by atoms with Gasteiger partial charge in [-0.2, -0.15) is 0 Å². The van der Waals surface area contributed by atoms with E-state index in [9.17, 15) is 39.0 Å². The minimum atomic E-state index is -1.22. The van der Waals surface area contributed by atoms with Gasteiger partial charge < -0.3 is 47.1 Å². The van der Waals surface area contributed by atoms with Crippen LogP contribution < -0.4 is 27.0 Å². The van der Waals surface area contributed by atoms with Crippen molar-refractivity contribution in [1.29, 1.82) is 0 Å². The number of aromatic nitrogens is 2. The Morgan fingerprint density at radius 3 is 2.18 bits per heavy atom. The molecular formula is C41H56N8O8. The van der Waals surface area contributed by atoms with Crippen LogP contribution in [-0.2, 0) is 48.0 Å². The van der Waals surface area contributed by atoms with Crippen molar-refractivity contribution >= 4 is 35.5 Å². The fourth-order valence-corrected chi connectivity index (χ4v) is 6.75. The molecule has 0 saturated carbocycles. The number of aliphatic carboxylic acids is 1. The van der Waals surface area contributed by atoms with Crippen molar-refractivity contribution in [2.75, 3.05) is 6.54 Å². The Labute approximate surface area is 332 Å². The van der Waals surface area contributed by atoms with Gasteiger partial charge in [-0.15, -0.1) is 0 Å². The molecule has 57 heavy (non-hydrogen) atoms. The van der Waals surface area contributed by atoms with E-state index in [0.717, 1.165) is 11.1 Å². The van der Waals surface area contributed by atoms with Gasteiger partial charge in [-0.25, -0.2) is 9.78 Å². The number of hydrogen-bond donors (Lipinski definition) is 8. The van der Waals surface area contributed by atoms with Crippen molar-refractivity contribution in [3.05, 3.63) is 83.9 Å². The summed E-state index contributed by atoms with van der Waals surface area (Å²) in [6, 6.07) is 9.33. The third-order valence-corrected chi connectivity index (χ3v) is 10.4. The summed E-state index contributed by atoms with van der Waals surface area (Å²) in [7, 11) is 0. The molecule has 0 unspecified atom stereocenters. The summed E-state index contributed by atoms with van der Waals surface area (Å²) in [5.41, 5.74) is 8.12. The van der Waals surface area contributed by atoms with E-state index in [-0.39, 0.29) is 49.8 Å². The van der Waals surface area contributed by atoms with Crippen molar-refractivity contribution < 1.29 is 39.0 Å². The first-order valence-electron chi connectivity index (χ1n) is 19.4. The molecule has 5 amide bonds. The molecule has 0 radical (unpaired) electrons. The number of hydrogen-bond acceptors (Lipinski definition) is 9. The van der Waals surface area contributed by atoms with E-state index in [1.54, 1.807) is 49.4 Å². The van der Waals surface area contributed by atoms with Crippen molar-refractivity contribution in [2.45, 2.75) is 109 Å². The highest BCUT2D eigenvalue weighted by Crippen LogP contribution is 2.21. The quantitative estimate of drug-likeness (QED) is 0.0821. The number of nitrogens with zero attached hydrogens (tertiary/aromatic N) is 2. The van der Waals surface area contributed by atoms with Crippen LogP contribution in [0.25, 0.3) is 0 Å². The van der Waals surface area contributed by atoms with Gasteiger partial charge in [0.2, 0.25) is 29.5 Å². The number of H-pyrrole nitrogens is 1. The number of nitrogens with two attached hydrogens (primary N) is 1. The highest BCUT2D eigenvalue weighted by Gasteiger charge is 2.40. The summed E-state index contributed by atoms with van der Waals surface area (Å²) in [5, 5.41) is 30.8. The SMILES string of the molecule is CC[C@H](C)[C@H](NC(=O)C[C@H](Cc1ccc(O)cc1)NC(=O)[C@@H](N)C(C)C)C(=O)N[C@@H](Cc1cnc[nH]1)C(=O)N1CCC[C@H]1C(=O)N[C@@H](Cc1ccccc1)C(=O)O. The number of phenols is 1. The van der Waals surface area contributed by atoms with Crippen molar-refractivity contribution in [2.24, 2.45) is 17.6 Å². The molecule has 1 saturated heterocycles. The van der Waals surface area contributed by atoms with Gasteiger partial charge in [0.15, 0.2) is 0 Å². The fourth-order valence-electron chi connectivity index (χ4n) is 6.75. The molecule has 0 spiro atoms. The molecule has 4 rings (SSSR count). The van der Waals surface area contributed by atoms with Crippen LogP contribution in [0.5, 0.6) is 5.75 Å². The molecule has 1 aliphatic rings. The van der Waals surface area contributed by atoms with Crippen molar-refractivity contribution in [1.82, 2.24) is 36.1 Å². The molecule has 2 heterocycles. The van der Waals surface area contributed by atoms with E-state index in [2.05, 4.69) is 31.2 Å². The maximum atomic E-state index is 14.3. The Bertz CT molecular complexity index is 1800. The Balaban J connectivity index is 1.51. The van der Waals surface area contributed by atoms with Crippen LogP contribution in [0.4, 0.5) is 0 Å². The van der Waals surface area contributed by atoms with Crippen LogP contribution in [0.2, 0.25) is 0 Å². The maximum absolute atomic E-state index is 14.3. The highest BCUT2D eigenvalue weighted by atomic mass is 16.4. The summed E-state index contributed by atoms with van der Waals surface area (Å²) in [4.78, 5) is 89.1. The highest BCUT2D eigenvalue weighted by molar-refractivity contribution is 5.95. The minimum Gasteiger partial charge on any atom is -0.508 e. The lowest BCUT2D eigenvalue weighted by Crippen LogP contribution is -2.59. The molecule has 1 fully saturated rings. The first-order valence-corrected chi connectivity index (χ1v) is 19.4. The number of imidazole rings is 1. The summed E-state index contributed by atoms with van der Waals surface area (Å²) in [5.74, 6) is -4.39. The van der Waals surface area contributed by atoms with E-state index in [4.69, 9.17) is 5.73 Å². The number of nitrogens with one attached hydrogen (secondary N) is 5. The van der Waals surface area contributed by atoms with E-state index in [1.165, 1.54) is 29.6 Å². The summed E-state index contributed by atoms with van der Waals surface area (Å²) in [6.07, 6.45) is 4.34. The molecule has 9 N–H and O–H groups in total. The van der Waals surface area contributed by atoms with Gasteiger partial charge in [0.25, 0.3) is 0 Å². The first kappa shape index (κ1) is 44.0. The monoisotopic (exact) mass is 788 g/mol. The molecule has 16 heteroatoms. The van der Waals surface area contributed by atoms with Gasteiger partial charge in [0.1, 0.15) is 29.9 Å². The van der Waals surface area contributed by atoms with E-state index >= 15 is 0 Å². The number of carbonyl (C=O) groups is 6. The van der Waals surface area contributed by atoms with Crippen LogP contribution >= 0.6 is 0 Å². The van der Waals surface area contributed by atoms with Crippen LogP contribution in [0.15, 0.2) is 67.1 Å². The average Bonchev–Trinajstić information content (AvgIpc) is 3.90. The lowest BCUT2D eigenvalue weighted by Gasteiger charge is -2.31. The van der Waals surface area contributed by atoms with Crippen molar-refractivity contribution in [3.63, 3.8) is 0 Å². The van der Waals surface area contributed by atoms with Crippen LogP contribution in [0.1, 0.15) is 70.2 Å². The summed E-state index contributed by atoms with van der Waals surface area (Å²) >= 11 is 0. The summed E-state index contributed by atoms with van der Waals surface area (Å²) in [6.45, 7) is 7.49. The molecule has 1 aliphatic heterocycles. The molecule has 7 atom stereocenters. The Hall–Kier alpha value is -5.77. The average molecular weight is 789 g/mol. The number of phenolic OH excluding ortho intramolecular Hbond substituents is 1. The number of amides is 5. The molecule has 0 aliphatic carbocycles. The molecular weight excluding hydrogens is 732 g/mol. The molecule has 2 aromatic carbocycles. The lowest BCUT2D eigenvalue weighted by molar-refractivity contribution is -0.145. The second kappa shape index (κ2) is 20.9. The number of aromatic hydroxyl groups is 1. The van der Waals surface area contributed by atoms with Crippen LogP contribution in [0.3, 0.4) is 0 Å². The third kappa shape index (κ3) is 12.9. The first-order chi connectivity index (χ1) is 27.2. The zero-order valence-electron chi connectivity index (χ0n) is 32.9. The second-order valence-electron chi connectivity index (χ2n) is 15.1. The number of carbonyl (C=O) groups excluding carboxylic acids is 5. The maximum Gasteiger partial charge on any atom is 0.326 e. The normalized spacial score (nSPS) is 17.1. The van der Waals surface area contributed by atoms with Gasteiger partial charge >= 0.3 is 5.97 Å². The molecule has 3 aromatic rings. The van der Waals surface area contributed by atoms with Gasteiger partial charge in [0, 0.05) is 43.7 Å². The number of likely N-dealkylation sites (tertiary alicyclic amines) is 1. The number of benzene rings is 2. The smallest absolute Gasteiger partial charge is 0.326 e. The Morgan fingerprint density at radius 2 is 1.56 bits per heavy atom. The third-order valence-electron chi connectivity index (χ3n) is 10.4. The van der Waals surface area contributed by atoms with Gasteiger partial charge in [-0.1, -0.05) is 76.6 Å². The van der Waals surface area contributed by atoms with E-state index in [1.807, 2.05) is 20.8 Å². The summed E-state index contributed by atoms with van der Waals surface area (Å²) < 4.78 is 0. The number of rotatable bonds is 20. The Morgan fingerprint density at radius 1 is 0.877 bits per heavy atom. The number of carboxylic acids is 1. The fraction of sp³-hybridized carbons (Fsp3) is 0.488. The van der Waals surface area contributed by atoms with Gasteiger partial charge in [0.05, 0.1) is 12.4 Å². The van der Waals surface area contributed by atoms with Crippen LogP contribution in [-0.4, -0.2) is 103 Å². The minimum absolute atomic E-state index is 0.000808. The molecule has 0 bridgehead atoms. The number of aromatic amines is 1. The predicted molar refractivity (Wildman–Crippen MR) is 211 cm³/mol. The van der Waals surface area contributed by atoms with Crippen LogP contribution in [0, 0.1) is 11.8 Å². The standard InChI is InChI=1S/C41H56N8O8/c1-5-25(4)36(48-34(51)21-28(45-38(53)35(42)24(2)3)18-27-13-15-30(50)16-14-27)39(54)46-31(20-29-22-43-23-44-29)40(55)49-17-9-12-33(49)37(52)47-32(41(56)57)19-26-10-7-6-8-11-26/h6-8,10-11,13-16,22-25,28,31-33,35-36,50H,5,9,12,17-21,42H2,1-4H3,(H,43,44)(H,45,53)(H,46,54)(H,47,52)(H,48,51)(H,56,57)/t25-,28-,31-,32-,33-,35-,36-/m0/s1. The van der Waals surface area contributed by atoms with Crippen molar-refractivity contribution in [3.8, 4) is 5.75 Å². The molecule has 16 nitrogen and oxygen atoms in total. The largest absolute Gasteiger partial charge is 0.508 e. The van der Waals surface area contributed by atoms with E-state index < -0.39 is 71.8 Å². The topological polar surface area (TPSA) is 249 Å². The zero-order valence-corrected chi connectivity index (χ0v) is 32.9. The van der Waals surface area contributed by atoms with Gasteiger partial charge in [-0.3, -0.25) is 24.0 Å². The number of carboxylic acid groups (broad SMARTS) is 1. The van der Waals surface area contributed by atoms with E-state index in [0.29, 0.717) is 25.0 Å². The molecule has 308 valence electrons. The van der Waals surface area contributed by atoms with Gasteiger partial charge in [-0.05, 0) is 54.4 Å². The molecule has 1 aromatic heterocycles. The zero-order chi connectivity index (χ0) is 41.6. The second-order valence-corrected chi connectivity index (χ2v) is 15.1. The Kier molecular flexibility index (Phi) is 16.2.